The number of nitrogens with zero attached hydrogens (tertiary/aromatic N) is 5. The van der Waals surface area contributed by atoms with Gasteiger partial charge in [-0.25, -0.2) is 9.97 Å². The molecule has 0 fully saturated rings. The average Bonchev–Trinajstić information content (AvgIpc) is 2.82. The normalized spacial score (nSPS) is 10.6. The highest BCUT2D eigenvalue weighted by Crippen LogP contribution is 2.28. The van der Waals surface area contributed by atoms with E-state index in [1.165, 1.54) is 0 Å². The third-order valence-electron chi connectivity index (χ3n) is 2.71. The van der Waals surface area contributed by atoms with Crippen LogP contribution in [0.2, 0.25) is 0 Å². The number of nitrogens with two attached hydrogens (primary N) is 1. The summed E-state index contributed by atoms with van der Waals surface area (Å²) in [6.45, 7) is 0. The number of rotatable bonds is 2. The van der Waals surface area contributed by atoms with Gasteiger partial charge >= 0.3 is 0 Å². The van der Waals surface area contributed by atoms with Gasteiger partial charge < -0.3 is 5.73 Å². The van der Waals surface area contributed by atoms with Crippen molar-refractivity contribution in [2.24, 2.45) is 7.05 Å². The van der Waals surface area contributed by atoms with Gasteiger partial charge in [-0.3, -0.25) is 9.67 Å². The maximum atomic E-state index is 5.63. The molecule has 0 bridgehead atoms. The Morgan fingerprint density at radius 3 is 2.84 bits per heavy atom. The van der Waals surface area contributed by atoms with Gasteiger partial charge in [0.2, 0.25) is 5.95 Å². The number of pyridine rings is 1. The molecule has 0 saturated heterocycles. The molecule has 94 valence electrons. The van der Waals surface area contributed by atoms with E-state index in [1.54, 1.807) is 23.3 Å². The zero-order valence-electron chi connectivity index (χ0n) is 10.4. The Bertz CT molecular complexity index is 704. The second kappa shape index (κ2) is 4.49. The lowest BCUT2D eigenvalue weighted by Gasteiger charge is -2.01. The van der Waals surface area contributed by atoms with Gasteiger partial charge in [0, 0.05) is 43.0 Å². The van der Waals surface area contributed by atoms with Crippen LogP contribution >= 0.6 is 0 Å². The largest absolute Gasteiger partial charge is 0.368 e. The van der Waals surface area contributed by atoms with Crippen LogP contribution in [0.3, 0.4) is 0 Å². The fraction of sp³-hybridized carbons (Fsp3) is 0.0769. The van der Waals surface area contributed by atoms with Crippen LogP contribution in [0.15, 0.2) is 43.0 Å². The molecule has 0 amide bonds. The van der Waals surface area contributed by atoms with Gasteiger partial charge in [-0.1, -0.05) is 0 Å². The molecule has 0 spiro atoms. The summed E-state index contributed by atoms with van der Waals surface area (Å²) in [5.41, 5.74) is 9.05. The standard InChI is InChI=1S/C13H12N6/c1-19-8-10(11-4-6-16-13(14)17-11)12(18-19)9-3-2-5-15-7-9/h2-8H,1H3,(H2,14,16,17). The number of nitrogen functional groups attached to an aromatic ring is 1. The zero-order valence-corrected chi connectivity index (χ0v) is 10.4. The van der Waals surface area contributed by atoms with Crippen molar-refractivity contribution in [2.45, 2.75) is 0 Å². The van der Waals surface area contributed by atoms with Crippen LogP contribution in [0.1, 0.15) is 0 Å². The Balaban J connectivity index is 2.18. The monoisotopic (exact) mass is 252 g/mol. The zero-order chi connectivity index (χ0) is 13.2. The van der Waals surface area contributed by atoms with E-state index in [4.69, 9.17) is 5.73 Å². The molecule has 3 rings (SSSR count). The Morgan fingerprint density at radius 2 is 2.11 bits per heavy atom. The molecule has 3 heterocycles. The first-order chi connectivity index (χ1) is 9.24. The third-order valence-corrected chi connectivity index (χ3v) is 2.71. The highest BCUT2D eigenvalue weighted by molar-refractivity contribution is 5.78. The molecule has 0 radical (unpaired) electrons. The topological polar surface area (TPSA) is 82.5 Å². The molecule has 3 aromatic rings. The summed E-state index contributed by atoms with van der Waals surface area (Å²) in [4.78, 5) is 12.3. The van der Waals surface area contributed by atoms with Gasteiger partial charge in [0.1, 0.15) is 5.69 Å². The molecule has 2 N–H and O–H groups in total. The predicted molar refractivity (Wildman–Crippen MR) is 71.9 cm³/mol. The van der Waals surface area contributed by atoms with Crippen LogP contribution in [-0.4, -0.2) is 24.7 Å². The minimum absolute atomic E-state index is 0.249. The van der Waals surface area contributed by atoms with Gasteiger partial charge in [-0.2, -0.15) is 5.10 Å². The van der Waals surface area contributed by atoms with Crippen LogP contribution in [0.25, 0.3) is 22.5 Å². The summed E-state index contributed by atoms with van der Waals surface area (Å²) >= 11 is 0. The van der Waals surface area contributed by atoms with Crippen molar-refractivity contribution in [3.05, 3.63) is 43.0 Å². The van der Waals surface area contributed by atoms with Gasteiger partial charge in [0.05, 0.1) is 5.69 Å². The summed E-state index contributed by atoms with van der Waals surface area (Å²) in [6.07, 6.45) is 7.05. The molecule has 0 aliphatic rings. The van der Waals surface area contributed by atoms with E-state index in [0.29, 0.717) is 0 Å². The first-order valence-electron chi connectivity index (χ1n) is 5.77. The summed E-state index contributed by atoms with van der Waals surface area (Å²) in [7, 11) is 1.87. The van der Waals surface area contributed by atoms with Gasteiger partial charge in [0.15, 0.2) is 0 Å². The van der Waals surface area contributed by atoms with Gasteiger partial charge in [-0.15, -0.1) is 0 Å². The van der Waals surface area contributed by atoms with Crippen molar-refractivity contribution in [1.29, 1.82) is 0 Å². The Morgan fingerprint density at radius 1 is 1.21 bits per heavy atom. The van der Waals surface area contributed by atoms with E-state index in [1.807, 2.05) is 31.4 Å². The van der Waals surface area contributed by atoms with E-state index in [-0.39, 0.29) is 5.95 Å². The molecule has 6 heteroatoms. The smallest absolute Gasteiger partial charge is 0.220 e. The van der Waals surface area contributed by atoms with Crippen LogP contribution in [-0.2, 0) is 7.05 Å². The number of aryl methyl sites for hydroxylation is 1. The van der Waals surface area contributed by atoms with Crippen LogP contribution in [0.5, 0.6) is 0 Å². The number of hydrogen-bond donors (Lipinski definition) is 1. The minimum atomic E-state index is 0.249. The molecular weight excluding hydrogens is 240 g/mol. The molecule has 3 aromatic heterocycles. The van der Waals surface area contributed by atoms with Gasteiger partial charge in [0.25, 0.3) is 0 Å². The summed E-state index contributed by atoms with van der Waals surface area (Å²) in [6, 6.07) is 5.65. The molecular formula is C13H12N6. The molecule has 0 aliphatic heterocycles. The molecule has 6 nitrogen and oxygen atoms in total. The first kappa shape index (κ1) is 11.3. The number of anilines is 1. The maximum absolute atomic E-state index is 5.63. The molecule has 0 atom stereocenters. The molecule has 0 aromatic carbocycles. The van der Waals surface area contributed by atoms with Crippen LogP contribution in [0.4, 0.5) is 5.95 Å². The minimum Gasteiger partial charge on any atom is -0.368 e. The fourth-order valence-corrected chi connectivity index (χ4v) is 1.92. The van der Waals surface area contributed by atoms with Crippen LogP contribution in [0, 0.1) is 0 Å². The van der Waals surface area contributed by atoms with Crippen molar-refractivity contribution in [2.75, 3.05) is 5.73 Å². The maximum Gasteiger partial charge on any atom is 0.220 e. The summed E-state index contributed by atoms with van der Waals surface area (Å²) < 4.78 is 1.75. The molecule has 19 heavy (non-hydrogen) atoms. The highest BCUT2D eigenvalue weighted by Gasteiger charge is 2.13. The van der Waals surface area contributed by atoms with Crippen molar-refractivity contribution >= 4 is 5.95 Å². The summed E-state index contributed by atoms with van der Waals surface area (Å²) in [5, 5.41) is 4.46. The highest BCUT2D eigenvalue weighted by atomic mass is 15.3. The van der Waals surface area contributed by atoms with E-state index in [9.17, 15) is 0 Å². The third kappa shape index (κ3) is 2.15. The van der Waals surface area contributed by atoms with E-state index < -0.39 is 0 Å². The Labute approximate surface area is 110 Å². The lowest BCUT2D eigenvalue weighted by atomic mass is 10.1. The van der Waals surface area contributed by atoms with Crippen molar-refractivity contribution < 1.29 is 0 Å². The predicted octanol–water partition coefficient (Wildman–Crippen LogP) is 1.52. The lowest BCUT2D eigenvalue weighted by molar-refractivity contribution is 0.771. The first-order valence-corrected chi connectivity index (χ1v) is 5.77. The van der Waals surface area contributed by atoms with Crippen molar-refractivity contribution in [3.8, 4) is 22.5 Å². The van der Waals surface area contributed by atoms with Crippen molar-refractivity contribution in [1.82, 2.24) is 24.7 Å². The second-order valence-corrected chi connectivity index (χ2v) is 4.11. The SMILES string of the molecule is Cn1cc(-c2ccnc(N)n2)c(-c2cccnc2)n1. The fourth-order valence-electron chi connectivity index (χ4n) is 1.92. The molecule has 0 saturated carbocycles. The van der Waals surface area contributed by atoms with E-state index in [0.717, 1.165) is 22.5 Å². The Hall–Kier alpha value is -2.76. The average molecular weight is 252 g/mol. The second-order valence-electron chi connectivity index (χ2n) is 4.11. The van der Waals surface area contributed by atoms with E-state index in [2.05, 4.69) is 20.1 Å². The molecule has 0 aliphatic carbocycles. The van der Waals surface area contributed by atoms with E-state index >= 15 is 0 Å². The van der Waals surface area contributed by atoms with Gasteiger partial charge in [-0.05, 0) is 18.2 Å². The van der Waals surface area contributed by atoms with Crippen molar-refractivity contribution in [3.63, 3.8) is 0 Å². The Kier molecular flexibility index (Phi) is 2.68. The van der Waals surface area contributed by atoms with Crippen LogP contribution < -0.4 is 5.73 Å². The quantitative estimate of drug-likeness (QED) is 0.747. The number of aromatic nitrogens is 5. The lowest BCUT2D eigenvalue weighted by Crippen LogP contribution is -1.95. The summed E-state index contributed by atoms with van der Waals surface area (Å²) in [5.74, 6) is 0.249. The molecule has 0 unspecified atom stereocenters. The number of hydrogen-bond acceptors (Lipinski definition) is 5.